The van der Waals surface area contributed by atoms with Gasteiger partial charge in [0.25, 0.3) is 5.91 Å². The molecule has 0 saturated carbocycles. The molecular formula is C19H15NO3S2. The van der Waals surface area contributed by atoms with Crippen molar-refractivity contribution in [3.63, 3.8) is 0 Å². The molecule has 1 saturated heterocycles. The highest BCUT2D eigenvalue weighted by Gasteiger charge is 2.34. The summed E-state index contributed by atoms with van der Waals surface area (Å²) in [6.07, 6.45) is 1.73. The van der Waals surface area contributed by atoms with Crippen LogP contribution in [0.3, 0.4) is 0 Å². The van der Waals surface area contributed by atoms with E-state index in [0.717, 1.165) is 22.4 Å². The lowest BCUT2D eigenvalue weighted by Crippen LogP contribution is -2.29. The number of hydrogen-bond donors (Lipinski definition) is 1. The number of thioether (sulfide) groups is 1. The number of thiocarbonyl (C=S) groups is 1. The number of amides is 1. The molecule has 25 heavy (non-hydrogen) atoms. The molecule has 0 spiro atoms. The lowest BCUT2D eigenvalue weighted by Gasteiger charge is -2.19. The van der Waals surface area contributed by atoms with Crippen molar-refractivity contribution in [2.75, 3.05) is 4.90 Å². The van der Waals surface area contributed by atoms with Gasteiger partial charge in [0.05, 0.1) is 16.2 Å². The van der Waals surface area contributed by atoms with Crippen LogP contribution in [0, 0.1) is 13.8 Å². The highest BCUT2D eigenvalue weighted by Crippen LogP contribution is 2.38. The lowest BCUT2D eigenvalue weighted by atomic mass is 10.1. The molecule has 0 atom stereocenters. The maximum Gasteiger partial charge on any atom is 0.335 e. The first-order chi connectivity index (χ1) is 11.9. The topological polar surface area (TPSA) is 57.6 Å². The second-order valence-corrected chi connectivity index (χ2v) is 7.36. The number of carbonyl (C=O) groups is 2. The number of aryl methyl sites for hydroxylation is 2. The number of rotatable bonds is 3. The van der Waals surface area contributed by atoms with E-state index < -0.39 is 5.97 Å². The first-order valence-corrected chi connectivity index (χ1v) is 8.78. The number of aromatic carboxylic acids is 1. The molecule has 1 aliphatic heterocycles. The van der Waals surface area contributed by atoms with Gasteiger partial charge < -0.3 is 5.11 Å². The molecule has 1 fully saturated rings. The average molecular weight is 369 g/mol. The highest BCUT2D eigenvalue weighted by molar-refractivity contribution is 8.27. The van der Waals surface area contributed by atoms with Gasteiger partial charge in [0.1, 0.15) is 0 Å². The number of benzene rings is 2. The number of carboxylic acids is 1. The smallest absolute Gasteiger partial charge is 0.335 e. The summed E-state index contributed by atoms with van der Waals surface area (Å²) in [4.78, 5) is 25.9. The molecule has 2 aromatic carbocycles. The third-order valence-electron chi connectivity index (χ3n) is 3.91. The summed E-state index contributed by atoms with van der Waals surface area (Å²) in [6, 6.07) is 12.2. The third-order valence-corrected chi connectivity index (χ3v) is 5.21. The van der Waals surface area contributed by atoms with Crippen LogP contribution in [0.25, 0.3) is 6.08 Å². The second kappa shape index (κ2) is 6.82. The standard InChI is InChI=1S/C19H15NO3S2/c1-11-4-3-5-12(2)16(11)20-17(21)15(25-19(20)24)10-13-6-8-14(9-7-13)18(22)23/h3-10H,1-2H3,(H,22,23)/b15-10-. The van der Waals surface area contributed by atoms with Gasteiger partial charge in [0.2, 0.25) is 0 Å². The molecule has 4 nitrogen and oxygen atoms in total. The van der Waals surface area contributed by atoms with E-state index in [1.54, 1.807) is 23.1 Å². The van der Waals surface area contributed by atoms with E-state index in [0.29, 0.717) is 9.23 Å². The third kappa shape index (κ3) is 3.36. The van der Waals surface area contributed by atoms with E-state index >= 15 is 0 Å². The van der Waals surface area contributed by atoms with Crippen molar-refractivity contribution in [3.8, 4) is 0 Å². The Labute approximate surface area is 155 Å². The number of nitrogens with zero attached hydrogens (tertiary/aromatic N) is 1. The summed E-state index contributed by atoms with van der Waals surface area (Å²) >= 11 is 6.67. The van der Waals surface area contributed by atoms with Crippen molar-refractivity contribution in [3.05, 3.63) is 69.6 Å². The molecule has 1 N–H and O–H groups in total. The number of anilines is 1. The van der Waals surface area contributed by atoms with Gasteiger partial charge in [-0.1, -0.05) is 54.3 Å². The van der Waals surface area contributed by atoms with Crippen molar-refractivity contribution in [2.45, 2.75) is 13.8 Å². The first-order valence-electron chi connectivity index (χ1n) is 7.56. The van der Waals surface area contributed by atoms with Crippen molar-refractivity contribution in [2.24, 2.45) is 0 Å². The molecule has 0 radical (unpaired) electrons. The van der Waals surface area contributed by atoms with E-state index in [-0.39, 0.29) is 11.5 Å². The fourth-order valence-electron chi connectivity index (χ4n) is 2.69. The van der Waals surface area contributed by atoms with Crippen LogP contribution in [0.2, 0.25) is 0 Å². The largest absolute Gasteiger partial charge is 0.478 e. The predicted octanol–water partition coefficient (Wildman–Crippen LogP) is 4.41. The molecule has 0 aliphatic carbocycles. The van der Waals surface area contributed by atoms with Crippen molar-refractivity contribution < 1.29 is 14.7 Å². The van der Waals surface area contributed by atoms with E-state index in [1.807, 2.05) is 32.0 Å². The highest BCUT2D eigenvalue weighted by atomic mass is 32.2. The summed E-state index contributed by atoms with van der Waals surface area (Å²) in [6.45, 7) is 3.91. The van der Waals surface area contributed by atoms with Crippen molar-refractivity contribution in [1.82, 2.24) is 0 Å². The normalized spacial score (nSPS) is 15.9. The molecule has 0 bridgehead atoms. The van der Waals surface area contributed by atoms with Gasteiger partial charge in [-0.15, -0.1) is 0 Å². The Morgan fingerprint density at radius 2 is 1.72 bits per heavy atom. The fraction of sp³-hybridized carbons (Fsp3) is 0.105. The van der Waals surface area contributed by atoms with Gasteiger partial charge >= 0.3 is 5.97 Å². The Balaban J connectivity index is 1.94. The molecule has 126 valence electrons. The molecule has 0 unspecified atom stereocenters. The van der Waals surface area contributed by atoms with Gasteiger partial charge in [-0.2, -0.15) is 0 Å². The Morgan fingerprint density at radius 3 is 2.28 bits per heavy atom. The Hall–Kier alpha value is -2.44. The molecule has 1 heterocycles. The van der Waals surface area contributed by atoms with Gasteiger partial charge in [0.15, 0.2) is 4.32 Å². The van der Waals surface area contributed by atoms with Crippen LogP contribution in [-0.4, -0.2) is 21.3 Å². The van der Waals surface area contributed by atoms with Crippen LogP contribution in [0.1, 0.15) is 27.0 Å². The minimum atomic E-state index is -0.979. The lowest BCUT2D eigenvalue weighted by molar-refractivity contribution is -0.113. The molecule has 6 heteroatoms. The number of para-hydroxylation sites is 1. The molecule has 2 aromatic rings. The van der Waals surface area contributed by atoms with E-state index in [2.05, 4.69) is 0 Å². The summed E-state index contributed by atoms with van der Waals surface area (Å²) in [5.74, 6) is -1.14. The Bertz CT molecular complexity index is 897. The van der Waals surface area contributed by atoms with Crippen molar-refractivity contribution in [1.29, 1.82) is 0 Å². The van der Waals surface area contributed by atoms with Crippen LogP contribution in [0.4, 0.5) is 5.69 Å². The van der Waals surface area contributed by atoms with Crippen LogP contribution >= 0.6 is 24.0 Å². The number of carboxylic acid groups (broad SMARTS) is 1. The van der Waals surface area contributed by atoms with Gasteiger partial charge in [-0.25, -0.2) is 4.79 Å². The zero-order valence-electron chi connectivity index (χ0n) is 13.6. The SMILES string of the molecule is Cc1cccc(C)c1N1C(=O)/C(=C/c2ccc(C(=O)O)cc2)SC1=S. The minimum absolute atomic E-state index is 0.158. The minimum Gasteiger partial charge on any atom is -0.478 e. The maximum atomic E-state index is 12.9. The van der Waals surface area contributed by atoms with E-state index in [9.17, 15) is 9.59 Å². The van der Waals surface area contributed by atoms with Gasteiger partial charge in [-0.3, -0.25) is 9.69 Å². The fourth-order valence-corrected chi connectivity index (χ4v) is 3.96. The molecule has 3 rings (SSSR count). The summed E-state index contributed by atoms with van der Waals surface area (Å²) < 4.78 is 0.496. The first kappa shape index (κ1) is 17.4. The van der Waals surface area contributed by atoms with Crippen LogP contribution in [0.15, 0.2) is 47.4 Å². The summed E-state index contributed by atoms with van der Waals surface area (Å²) in [5.41, 5.74) is 3.77. The van der Waals surface area contributed by atoms with Crippen LogP contribution < -0.4 is 4.90 Å². The van der Waals surface area contributed by atoms with Crippen LogP contribution in [-0.2, 0) is 4.79 Å². The number of hydrogen-bond acceptors (Lipinski definition) is 4. The number of carbonyl (C=O) groups excluding carboxylic acids is 1. The average Bonchev–Trinajstić information content (AvgIpc) is 2.83. The Kier molecular flexibility index (Phi) is 4.74. The molecule has 1 aliphatic rings. The summed E-state index contributed by atoms with van der Waals surface area (Å²) in [7, 11) is 0. The monoisotopic (exact) mass is 369 g/mol. The van der Waals surface area contributed by atoms with Crippen molar-refractivity contribution >= 4 is 51.9 Å². The quantitative estimate of drug-likeness (QED) is 0.642. The maximum absolute atomic E-state index is 12.9. The van der Waals surface area contributed by atoms with Crippen LogP contribution in [0.5, 0.6) is 0 Å². The predicted molar refractivity (Wildman–Crippen MR) is 105 cm³/mol. The van der Waals surface area contributed by atoms with Gasteiger partial charge in [-0.05, 0) is 48.7 Å². The molecule has 0 aromatic heterocycles. The second-order valence-electron chi connectivity index (χ2n) is 5.68. The van der Waals surface area contributed by atoms with Gasteiger partial charge in [0, 0.05) is 0 Å². The Morgan fingerprint density at radius 1 is 1.12 bits per heavy atom. The van der Waals surface area contributed by atoms with E-state index in [4.69, 9.17) is 17.3 Å². The molecular weight excluding hydrogens is 354 g/mol. The van der Waals surface area contributed by atoms with E-state index in [1.165, 1.54) is 23.9 Å². The molecule has 1 amide bonds. The zero-order chi connectivity index (χ0) is 18.1. The summed E-state index contributed by atoms with van der Waals surface area (Å²) in [5, 5.41) is 8.95. The zero-order valence-corrected chi connectivity index (χ0v) is 15.3.